The number of methoxy groups -OCH3 is 1. The lowest BCUT2D eigenvalue weighted by Gasteiger charge is -2.08. The number of nitrogens with two attached hydrogens (primary N) is 1. The molecule has 3 heterocycles. The third-order valence-electron chi connectivity index (χ3n) is 4.90. The van der Waals surface area contributed by atoms with Crippen molar-refractivity contribution >= 4 is 57.2 Å². The molecule has 0 aromatic carbocycles. The predicted octanol–water partition coefficient (Wildman–Crippen LogP) is 3.80. The maximum Gasteiger partial charge on any atom is 0.341 e. The number of hydrogen-bond donors (Lipinski definition) is 2. The molecule has 12 heteroatoms. The SMILES string of the molecule is C=CCn1c(SCC(=O)Nc2sc(C(N)=O)c(C)c2C(=O)OC)nnc1-c1csc(C)c1C. The molecule has 0 fully saturated rings. The molecular weight excluding hydrogens is 482 g/mol. The highest BCUT2D eigenvalue weighted by Crippen LogP contribution is 2.34. The minimum atomic E-state index is -0.679. The van der Waals surface area contributed by atoms with E-state index in [1.807, 2.05) is 16.9 Å². The van der Waals surface area contributed by atoms with Crippen molar-refractivity contribution in [1.82, 2.24) is 14.8 Å². The first-order valence-electron chi connectivity index (χ1n) is 9.72. The second-order valence-electron chi connectivity index (χ2n) is 6.99. The average Bonchev–Trinajstić information content (AvgIpc) is 3.42. The van der Waals surface area contributed by atoms with Crippen LogP contribution in [0.15, 0.2) is 23.2 Å². The van der Waals surface area contributed by atoms with Crippen molar-refractivity contribution in [2.24, 2.45) is 5.73 Å². The molecular formula is C21H23N5O4S3. The van der Waals surface area contributed by atoms with Crippen molar-refractivity contribution < 1.29 is 19.1 Å². The zero-order valence-corrected chi connectivity index (χ0v) is 21.0. The summed E-state index contributed by atoms with van der Waals surface area (Å²) in [5.41, 5.74) is 8.02. The van der Waals surface area contributed by atoms with Crippen LogP contribution in [-0.4, -0.2) is 45.4 Å². The molecule has 9 nitrogen and oxygen atoms in total. The van der Waals surface area contributed by atoms with Crippen LogP contribution in [0.4, 0.5) is 5.00 Å². The van der Waals surface area contributed by atoms with Crippen LogP contribution in [0.2, 0.25) is 0 Å². The lowest BCUT2D eigenvalue weighted by molar-refractivity contribution is -0.113. The average molecular weight is 506 g/mol. The van der Waals surface area contributed by atoms with Crippen LogP contribution in [0.25, 0.3) is 11.4 Å². The van der Waals surface area contributed by atoms with Gasteiger partial charge in [-0.05, 0) is 31.9 Å². The van der Waals surface area contributed by atoms with Crippen LogP contribution in [0.1, 0.15) is 36.0 Å². The molecule has 0 atom stereocenters. The third-order valence-corrected chi connectivity index (χ3v) is 8.10. The number of primary amides is 1. The van der Waals surface area contributed by atoms with E-state index in [2.05, 4.69) is 29.0 Å². The van der Waals surface area contributed by atoms with Crippen molar-refractivity contribution in [1.29, 1.82) is 0 Å². The normalized spacial score (nSPS) is 10.8. The number of nitrogens with zero attached hydrogens (tertiary/aromatic N) is 3. The molecule has 33 heavy (non-hydrogen) atoms. The van der Waals surface area contributed by atoms with Crippen molar-refractivity contribution in [3.8, 4) is 11.4 Å². The Morgan fingerprint density at radius 3 is 2.58 bits per heavy atom. The van der Waals surface area contributed by atoms with Crippen LogP contribution in [0, 0.1) is 20.8 Å². The summed E-state index contributed by atoms with van der Waals surface area (Å²) in [5, 5.41) is 14.1. The van der Waals surface area contributed by atoms with Crippen LogP contribution in [-0.2, 0) is 16.1 Å². The summed E-state index contributed by atoms with van der Waals surface area (Å²) in [6, 6.07) is 0. The Labute approximate surface area is 203 Å². The van der Waals surface area contributed by atoms with Gasteiger partial charge in [-0.15, -0.1) is 39.4 Å². The molecule has 0 aliphatic heterocycles. The van der Waals surface area contributed by atoms with E-state index in [9.17, 15) is 14.4 Å². The number of ether oxygens (including phenoxy) is 1. The van der Waals surface area contributed by atoms with Crippen LogP contribution in [0.5, 0.6) is 0 Å². The summed E-state index contributed by atoms with van der Waals surface area (Å²) in [7, 11) is 1.23. The van der Waals surface area contributed by atoms with Gasteiger partial charge in [0.05, 0.1) is 23.3 Å². The minimum absolute atomic E-state index is 0.0143. The van der Waals surface area contributed by atoms with E-state index in [0.717, 1.165) is 22.5 Å². The number of hydrogen-bond acceptors (Lipinski definition) is 9. The van der Waals surface area contributed by atoms with Gasteiger partial charge in [0.15, 0.2) is 11.0 Å². The number of anilines is 1. The Kier molecular flexibility index (Phi) is 7.72. The standard InChI is InChI=1S/C21H23N5O4S3/c1-6-7-26-18(13-8-31-12(4)10(13)2)24-25-21(26)32-9-14(27)23-19-15(20(29)30-5)11(3)16(33-19)17(22)28/h6,8H,1,7,9H2,2-5H3,(H2,22,28)(H,23,27). The van der Waals surface area contributed by atoms with Gasteiger partial charge in [0.2, 0.25) is 5.91 Å². The second-order valence-corrected chi connectivity index (χ2v) is 10.0. The topological polar surface area (TPSA) is 129 Å². The molecule has 3 aromatic heterocycles. The molecule has 3 rings (SSSR count). The summed E-state index contributed by atoms with van der Waals surface area (Å²) in [6.07, 6.45) is 1.74. The largest absolute Gasteiger partial charge is 0.465 e. The van der Waals surface area contributed by atoms with E-state index in [1.54, 1.807) is 24.3 Å². The Bertz CT molecular complexity index is 1240. The van der Waals surface area contributed by atoms with E-state index in [-0.39, 0.29) is 27.1 Å². The number of carbonyl (C=O) groups is 3. The zero-order valence-electron chi connectivity index (χ0n) is 18.6. The Balaban J connectivity index is 1.80. The summed E-state index contributed by atoms with van der Waals surface area (Å²) in [4.78, 5) is 37.9. The summed E-state index contributed by atoms with van der Waals surface area (Å²) >= 11 is 3.80. The Hall–Kier alpha value is -2.96. The van der Waals surface area contributed by atoms with E-state index < -0.39 is 11.9 Å². The molecule has 0 aliphatic carbocycles. The van der Waals surface area contributed by atoms with Gasteiger partial charge in [-0.1, -0.05) is 17.8 Å². The fourth-order valence-corrected chi connectivity index (χ4v) is 5.77. The highest BCUT2D eigenvalue weighted by Gasteiger charge is 2.25. The molecule has 174 valence electrons. The molecule has 0 saturated heterocycles. The van der Waals surface area contributed by atoms with Crippen molar-refractivity contribution in [2.45, 2.75) is 32.5 Å². The van der Waals surface area contributed by atoms with Gasteiger partial charge in [0.25, 0.3) is 5.91 Å². The molecule has 3 N–H and O–H groups in total. The first-order chi connectivity index (χ1) is 15.7. The number of nitrogens with one attached hydrogen (secondary N) is 1. The monoisotopic (exact) mass is 505 g/mol. The lowest BCUT2D eigenvalue weighted by Crippen LogP contribution is -2.16. The molecule has 2 amide bonds. The first-order valence-corrected chi connectivity index (χ1v) is 12.4. The summed E-state index contributed by atoms with van der Waals surface area (Å²) in [5.74, 6) is -0.981. The minimum Gasteiger partial charge on any atom is -0.465 e. The number of aromatic nitrogens is 3. The van der Waals surface area contributed by atoms with Gasteiger partial charge >= 0.3 is 5.97 Å². The number of esters is 1. The fraction of sp³-hybridized carbons (Fsp3) is 0.286. The van der Waals surface area contributed by atoms with Gasteiger partial charge in [-0.3, -0.25) is 14.2 Å². The molecule has 3 aromatic rings. The summed E-state index contributed by atoms with van der Waals surface area (Å²) in [6.45, 7) is 9.97. The van der Waals surface area contributed by atoms with Crippen molar-refractivity contribution in [3.63, 3.8) is 0 Å². The van der Waals surface area contributed by atoms with E-state index in [0.29, 0.717) is 23.1 Å². The maximum absolute atomic E-state index is 12.7. The molecule has 0 spiro atoms. The quantitative estimate of drug-likeness (QED) is 0.257. The van der Waals surface area contributed by atoms with Gasteiger partial charge < -0.3 is 15.8 Å². The first kappa shape index (κ1) is 24.7. The Morgan fingerprint density at radius 1 is 1.27 bits per heavy atom. The number of carbonyl (C=O) groups excluding carboxylic acids is 3. The van der Waals surface area contributed by atoms with Gasteiger partial charge in [0, 0.05) is 22.4 Å². The molecule has 0 saturated carbocycles. The number of aryl methyl sites for hydroxylation is 1. The number of amides is 2. The van der Waals surface area contributed by atoms with Crippen molar-refractivity contribution in [2.75, 3.05) is 18.2 Å². The van der Waals surface area contributed by atoms with Crippen LogP contribution < -0.4 is 11.1 Å². The van der Waals surface area contributed by atoms with Crippen LogP contribution >= 0.6 is 34.4 Å². The molecule has 0 unspecified atom stereocenters. The Morgan fingerprint density at radius 2 is 2.00 bits per heavy atom. The molecule has 0 aliphatic rings. The van der Waals surface area contributed by atoms with Gasteiger partial charge in [0.1, 0.15) is 5.00 Å². The van der Waals surface area contributed by atoms with E-state index in [1.165, 1.54) is 23.7 Å². The van der Waals surface area contributed by atoms with E-state index >= 15 is 0 Å². The predicted molar refractivity (Wildman–Crippen MR) is 131 cm³/mol. The lowest BCUT2D eigenvalue weighted by atomic mass is 10.1. The fourth-order valence-electron chi connectivity index (χ4n) is 3.10. The smallest absolute Gasteiger partial charge is 0.341 e. The third kappa shape index (κ3) is 5.02. The number of thiophene rings is 2. The number of thioether (sulfide) groups is 1. The number of allylic oxidation sites excluding steroid dienone is 1. The highest BCUT2D eigenvalue weighted by molar-refractivity contribution is 7.99. The highest BCUT2D eigenvalue weighted by atomic mass is 32.2. The molecule has 0 bridgehead atoms. The number of rotatable bonds is 9. The zero-order chi connectivity index (χ0) is 24.3. The van der Waals surface area contributed by atoms with E-state index in [4.69, 9.17) is 10.5 Å². The van der Waals surface area contributed by atoms with Crippen LogP contribution in [0.3, 0.4) is 0 Å². The van der Waals surface area contributed by atoms with Gasteiger partial charge in [-0.2, -0.15) is 0 Å². The van der Waals surface area contributed by atoms with Crippen molar-refractivity contribution in [3.05, 3.63) is 44.5 Å². The maximum atomic E-state index is 12.7. The second kappa shape index (κ2) is 10.3. The molecule has 0 radical (unpaired) electrons. The van der Waals surface area contributed by atoms with Gasteiger partial charge in [-0.25, -0.2) is 4.79 Å². The summed E-state index contributed by atoms with van der Waals surface area (Å²) < 4.78 is 6.69.